The van der Waals surface area contributed by atoms with Crippen LogP contribution in [0.5, 0.6) is 0 Å². The summed E-state index contributed by atoms with van der Waals surface area (Å²) in [5.74, 6) is 0.541. The molecule has 0 saturated carbocycles. The first kappa shape index (κ1) is 21.8. The van der Waals surface area contributed by atoms with Gasteiger partial charge in [-0.3, -0.25) is 9.36 Å². The molecule has 4 aromatic rings. The zero-order chi connectivity index (χ0) is 22.5. The van der Waals surface area contributed by atoms with Gasteiger partial charge in [0.1, 0.15) is 5.82 Å². The molecule has 0 radical (unpaired) electrons. The molecule has 0 aliphatic carbocycles. The van der Waals surface area contributed by atoms with Crippen LogP contribution in [0.3, 0.4) is 0 Å². The van der Waals surface area contributed by atoms with Crippen molar-refractivity contribution in [3.63, 3.8) is 0 Å². The Bertz CT molecular complexity index is 1240. The third kappa shape index (κ3) is 5.23. The first-order valence-electron chi connectivity index (χ1n) is 10.2. The van der Waals surface area contributed by atoms with E-state index in [4.69, 9.17) is 0 Å². The topological polar surface area (TPSA) is 59.8 Å². The number of benzene rings is 3. The summed E-state index contributed by atoms with van der Waals surface area (Å²) in [6.45, 7) is 4.27. The Morgan fingerprint density at radius 3 is 2.50 bits per heavy atom. The van der Waals surface area contributed by atoms with Crippen molar-refractivity contribution in [1.82, 2.24) is 20.1 Å². The predicted molar refractivity (Wildman–Crippen MR) is 124 cm³/mol. The molecule has 4 rings (SSSR count). The van der Waals surface area contributed by atoms with Crippen molar-refractivity contribution >= 4 is 17.7 Å². The molecular formula is C25H23FN4OS. The van der Waals surface area contributed by atoms with E-state index in [0.29, 0.717) is 5.82 Å². The maximum atomic E-state index is 13.5. The maximum absolute atomic E-state index is 13.5. The van der Waals surface area contributed by atoms with E-state index < -0.39 is 5.82 Å². The van der Waals surface area contributed by atoms with Crippen LogP contribution in [0.25, 0.3) is 5.69 Å². The van der Waals surface area contributed by atoms with Gasteiger partial charge in [0.2, 0.25) is 0 Å². The highest BCUT2D eigenvalue weighted by atomic mass is 32.2. The molecule has 5 nitrogen and oxygen atoms in total. The highest BCUT2D eigenvalue weighted by molar-refractivity contribution is 7.98. The van der Waals surface area contributed by atoms with Crippen LogP contribution < -0.4 is 5.32 Å². The van der Waals surface area contributed by atoms with Gasteiger partial charge in [0.15, 0.2) is 11.0 Å². The summed E-state index contributed by atoms with van der Waals surface area (Å²) in [7, 11) is 0. The van der Waals surface area contributed by atoms with E-state index in [-0.39, 0.29) is 18.0 Å². The molecule has 0 fully saturated rings. The van der Waals surface area contributed by atoms with Gasteiger partial charge in [-0.1, -0.05) is 65.4 Å². The standard InChI is InChI=1S/C25H23FN4OS/c1-17-9-11-22(12-10-17)30-23(15-27-24(31)20-7-4-8-21(26)14-20)28-29-25(30)32-16-19-6-3-5-18(2)13-19/h3-14H,15-16H2,1-2H3,(H,27,31). The second kappa shape index (κ2) is 9.78. The van der Waals surface area contributed by atoms with E-state index in [9.17, 15) is 9.18 Å². The van der Waals surface area contributed by atoms with Crippen LogP contribution in [0.4, 0.5) is 4.39 Å². The summed E-state index contributed by atoms with van der Waals surface area (Å²) in [5, 5.41) is 12.3. The van der Waals surface area contributed by atoms with Crippen LogP contribution in [0, 0.1) is 19.7 Å². The normalized spacial score (nSPS) is 10.8. The zero-order valence-electron chi connectivity index (χ0n) is 17.9. The maximum Gasteiger partial charge on any atom is 0.251 e. The van der Waals surface area contributed by atoms with Gasteiger partial charge in [0, 0.05) is 17.0 Å². The molecule has 3 aromatic carbocycles. The van der Waals surface area contributed by atoms with E-state index >= 15 is 0 Å². The Morgan fingerprint density at radius 2 is 1.75 bits per heavy atom. The van der Waals surface area contributed by atoms with Crippen molar-refractivity contribution in [2.24, 2.45) is 0 Å². The minimum atomic E-state index is -0.449. The predicted octanol–water partition coefficient (Wildman–Crippen LogP) is 5.25. The third-order valence-electron chi connectivity index (χ3n) is 4.94. The largest absolute Gasteiger partial charge is 0.345 e. The monoisotopic (exact) mass is 446 g/mol. The van der Waals surface area contributed by atoms with Crippen LogP contribution >= 0.6 is 11.8 Å². The van der Waals surface area contributed by atoms with Gasteiger partial charge in [-0.2, -0.15) is 0 Å². The molecule has 1 heterocycles. The molecule has 162 valence electrons. The van der Waals surface area contributed by atoms with Crippen molar-refractivity contribution in [3.05, 3.63) is 107 Å². The number of nitrogens with zero attached hydrogens (tertiary/aromatic N) is 3. The van der Waals surface area contributed by atoms with Gasteiger partial charge < -0.3 is 5.32 Å². The molecule has 0 aliphatic rings. The van der Waals surface area contributed by atoms with Crippen LogP contribution in [0.1, 0.15) is 32.9 Å². The Hall–Kier alpha value is -3.45. The van der Waals surface area contributed by atoms with Gasteiger partial charge in [-0.25, -0.2) is 4.39 Å². The summed E-state index contributed by atoms with van der Waals surface area (Å²) < 4.78 is 15.4. The molecule has 1 N–H and O–H groups in total. The van der Waals surface area contributed by atoms with E-state index in [1.165, 1.54) is 29.3 Å². The number of hydrogen-bond donors (Lipinski definition) is 1. The average Bonchev–Trinajstić information content (AvgIpc) is 3.19. The summed E-state index contributed by atoms with van der Waals surface area (Å²) in [6, 6.07) is 22.0. The van der Waals surface area contributed by atoms with Gasteiger partial charge in [-0.05, 0) is 49.7 Å². The molecule has 0 atom stereocenters. The van der Waals surface area contributed by atoms with Crippen LogP contribution in [0.15, 0.2) is 78.0 Å². The highest BCUT2D eigenvalue weighted by Crippen LogP contribution is 2.26. The first-order valence-corrected chi connectivity index (χ1v) is 11.2. The Morgan fingerprint density at radius 1 is 0.969 bits per heavy atom. The lowest BCUT2D eigenvalue weighted by Crippen LogP contribution is -2.24. The van der Waals surface area contributed by atoms with Crippen molar-refractivity contribution in [2.75, 3.05) is 0 Å². The van der Waals surface area contributed by atoms with Crippen molar-refractivity contribution in [3.8, 4) is 5.69 Å². The van der Waals surface area contributed by atoms with Crippen molar-refractivity contribution in [1.29, 1.82) is 0 Å². The summed E-state index contributed by atoms with van der Waals surface area (Å²) >= 11 is 1.59. The van der Waals surface area contributed by atoms with Crippen LogP contribution in [-0.4, -0.2) is 20.7 Å². The Balaban J connectivity index is 1.57. The number of halogens is 1. The average molecular weight is 447 g/mol. The third-order valence-corrected chi connectivity index (χ3v) is 5.94. The van der Waals surface area contributed by atoms with E-state index in [1.54, 1.807) is 17.8 Å². The quantitative estimate of drug-likeness (QED) is 0.394. The fraction of sp³-hybridized carbons (Fsp3) is 0.160. The fourth-order valence-corrected chi connectivity index (χ4v) is 4.22. The van der Waals surface area contributed by atoms with E-state index in [0.717, 1.165) is 22.2 Å². The lowest BCUT2D eigenvalue weighted by atomic mass is 10.2. The molecule has 0 aliphatic heterocycles. The number of aromatic nitrogens is 3. The van der Waals surface area contributed by atoms with Crippen LogP contribution in [0.2, 0.25) is 0 Å². The van der Waals surface area contributed by atoms with Crippen molar-refractivity contribution in [2.45, 2.75) is 31.3 Å². The summed E-state index contributed by atoms with van der Waals surface area (Å²) in [6.07, 6.45) is 0. The Labute approximate surface area is 190 Å². The zero-order valence-corrected chi connectivity index (χ0v) is 18.7. The van der Waals surface area contributed by atoms with Gasteiger partial charge >= 0.3 is 0 Å². The molecule has 0 bridgehead atoms. The van der Waals surface area contributed by atoms with Gasteiger partial charge in [0.05, 0.1) is 6.54 Å². The first-order chi connectivity index (χ1) is 15.5. The molecule has 7 heteroatoms. The second-order valence-electron chi connectivity index (χ2n) is 7.54. The minimum Gasteiger partial charge on any atom is -0.345 e. The molecule has 0 saturated heterocycles. The molecule has 0 unspecified atom stereocenters. The second-order valence-corrected chi connectivity index (χ2v) is 8.48. The lowest BCUT2D eigenvalue weighted by molar-refractivity contribution is 0.0949. The number of amides is 1. The molecular weight excluding hydrogens is 423 g/mol. The molecule has 1 aromatic heterocycles. The summed E-state index contributed by atoms with van der Waals surface area (Å²) in [5.41, 5.74) is 4.75. The molecule has 1 amide bonds. The van der Waals surface area contributed by atoms with E-state index in [2.05, 4.69) is 40.6 Å². The summed E-state index contributed by atoms with van der Waals surface area (Å²) in [4.78, 5) is 12.5. The van der Waals surface area contributed by atoms with Crippen molar-refractivity contribution < 1.29 is 9.18 Å². The van der Waals surface area contributed by atoms with Gasteiger partial charge in [0.25, 0.3) is 5.91 Å². The van der Waals surface area contributed by atoms with Crippen LogP contribution in [-0.2, 0) is 12.3 Å². The Kier molecular flexibility index (Phi) is 6.66. The number of carbonyl (C=O) groups excluding carboxylic acids is 1. The number of aryl methyl sites for hydroxylation is 2. The number of carbonyl (C=O) groups is 1. The molecule has 32 heavy (non-hydrogen) atoms. The molecule has 0 spiro atoms. The number of thioether (sulfide) groups is 1. The fourth-order valence-electron chi connectivity index (χ4n) is 3.30. The SMILES string of the molecule is Cc1ccc(-n2c(CNC(=O)c3cccc(F)c3)nnc2SCc2cccc(C)c2)cc1. The number of nitrogens with one attached hydrogen (secondary N) is 1. The number of rotatable bonds is 7. The smallest absolute Gasteiger partial charge is 0.251 e. The minimum absolute atomic E-state index is 0.168. The van der Waals surface area contributed by atoms with E-state index in [1.807, 2.05) is 41.8 Å². The lowest BCUT2D eigenvalue weighted by Gasteiger charge is -2.12. The van der Waals surface area contributed by atoms with Gasteiger partial charge in [-0.15, -0.1) is 10.2 Å². The highest BCUT2D eigenvalue weighted by Gasteiger charge is 2.16. The number of hydrogen-bond acceptors (Lipinski definition) is 4.